The van der Waals surface area contributed by atoms with Crippen LogP contribution < -0.4 is 14.8 Å². The molecule has 9 heteroatoms. The molecule has 8 nitrogen and oxygen atoms in total. The molecule has 1 atom stereocenters. The van der Waals surface area contributed by atoms with Gasteiger partial charge in [0.15, 0.2) is 11.5 Å². The van der Waals surface area contributed by atoms with E-state index < -0.39 is 0 Å². The molecule has 4 rings (SSSR count). The van der Waals surface area contributed by atoms with Gasteiger partial charge in [-0.25, -0.2) is 9.97 Å². The molecular weight excluding hydrogens is 402 g/mol. The molecule has 1 aliphatic rings. The summed E-state index contributed by atoms with van der Waals surface area (Å²) in [6.07, 6.45) is 3.31. The number of thioether (sulfide) groups is 1. The van der Waals surface area contributed by atoms with Crippen LogP contribution in [0.4, 0.5) is 5.82 Å². The van der Waals surface area contributed by atoms with Crippen LogP contribution in [0.5, 0.6) is 11.5 Å². The summed E-state index contributed by atoms with van der Waals surface area (Å²) in [5, 5.41) is 7.50. The van der Waals surface area contributed by atoms with Crippen LogP contribution in [0, 0.1) is 6.92 Å². The summed E-state index contributed by atoms with van der Waals surface area (Å²) in [7, 11) is 1.62. The average Bonchev–Trinajstić information content (AvgIpc) is 2.93. The molecule has 0 saturated heterocycles. The van der Waals surface area contributed by atoms with Crippen LogP contribution in [-0.4, -0.2) is 44.6 Å². The minimum Gasteiger partial charge on any atom is -0.493 e. The van der Waals surface area contributed by atoms with E-state index in [-0.39, 0.29) is 17.3 Å². The van der Waals surface area contributed by atoms with Crippen LogP contribution in [0.1, 0.15) is 35.9 Å². The van der Waals surface area contributed by atoms with Crippen molar-refractivity contribution in [1.29, 1.82) is 0 Å². The molecule has 156 valence electrons. The average molecular weight is 426 g/mol. The SMILES string of the molecule is COc1ccc([C@@H]2SCC(=O)Nc3c2c(C)nn3-c2ncccn2)cc1OC(C)C. The number of hydrogen-bond acceptors (Lipinski definition) is 7. The van der Waals surface area contributed by atoms with E-state index >= 15 is 0 Å². The lowest BCUT2D eigenvalue weighted by atomic mass is 10.0. The summed E-state index contributed by atoms with van der Waals surface area (Å²) in [4.78, 5) is 21.0. The van der Waals surface area contributed by atoms with Gasteiger partial charge in [-0.3, -0.25) is 4.79 Å². The largest absolute Gasteiger partial charge is 0.493 e. The third kappa shape index (κ3) is 3.85. The van der Waals surface area contributed by atoms with Gasteiger partial charge in [0.2, 0.25) is 5.91 Å². The third-order valence-corrected chi connectivity index (χ3v) is 5.87. The first-order valence-corrected chi connectivity index (χ1v) is 10.7. The van der Waals surface area contributed by atoms with Crippen molar-refractivity contribution in [3.8, 4) is 17.4 Å². The molecule has 0 spiro atoms. The number of carbonyl (C=O) groups excluding carboxylic acids is 1. The fourth-order valence-electron chi connectivity index (χ4n) is 3.39. The first-order chi connectivity index (χ1) is 14.5. The van der Waals surface area contributed by atoms with Crippen molar-refractivity contribution < 1.29 is 14.3 Å². The molecule has 0 radical (unpaired) electrons. The maximum absolute atomic E-state index is 12.5. The Morgan fingerprint density at radius 2 is 2.00 bits per heavy atom. The van der Waals surface area contributed by atoms with Crippen molar-refractivity contribution in [2.45, 2.75) is 32.1 Å². The fraction of sp³-hybridized carbons (Fsp3) is 0.333. The summed E-state index contributed by atoms with van der Waals surface area (Å²) >= 11 is 1.55. The number of ether oxygens (including phenoxy) is 2. The van der Waals surface area contributed by atoms with Gasteiger partial charge in [-0.1, -0.05) is 6.07 Å². The first kappa shape index (κ1) is 20.2. The second-order valence-corrected chi connectivity index (χ2v) is 8.22. The second-order valence-electron chi connectivity index (χ2n) is 7.12. The highest BCUT2D eigenvalue weighted by Gasteiger charge is 2.31. The van der Waals surface area contributed by atoms with Gasteiger partial charge in [-0.15, -0.1) is 11.8 Å². The predicted octanol–water partition coefficient (Wildman–Crippen LogP) is 3.54. The first-order valence-electron chi connectivity index (χ1n) is 9.61. The van der Waals surface area contributed by atoms with E-state index in [4.69, 9.17) is 9.47 Å². The van der Waals surface area contributed by atoms with E-state index in [1.54, 1.807) is 42.0 Å². The van der Waals surface area contributed by atoms with Gasteiger partial charge < -0.3 is 14.8 Å². The smallest absolute Gasteiger partial charge is 0.252 e. The molecule has 2 aromatic heterocycles. The standard InChI is InChI=1S/C21H23N5O3S/c1-12(2)29-16-10-14(6-7-15(16)28-4)19-18-13(3)25-26(21-22-8-5-9-23-21)20(18)24-17(27)11-30-19/h5-10,12,19H,11H2,1-4H3,(H,24,27)/t19-/m0/s1. The fourth-order valence-corrected chi connectivity index (χ4v) is 4.57. The molecule has 0 bridgehead atoms. The van der Waals surface area contributed by atoms with Gasteiger partial charge in [-0.05, 0) is 44.5 Å². The zero-order valence-corrected chi connectivity index (χ0v) is 18.1. The van der Waals surface area contributed by atoms with Gasteiger partial charge in [0.05, 0.1) is 29.9 Å². The number of rotatable bonds is 5. The van der Waals surface area contributed by atoms with Crippen LogP contribution in [0.15, 0.2) is 36.7 Å². The van der Waals surface area contributed by atoms with E-state index in [2.05, 4.69) is 20.4 Å². The Balaban J connectivity index is 1.84. The Morgan fingerprint density at radius 3 is 2.70 bits per heavy atom. The van der Waals surface area contributed by atoms with Crippen LogP contribution in [0.2, 0.25) is 0 Å². The lowest BCUT2D eigenvalue weighted by Crippen LogP contribution is -2.16. The summed E-state index contributed by atoms with van der Waals surface area (Å²) in [6, 6.07) is 7.61. The molecule has 1 aromatic carbocycles. The van der Waals surface area contributed by atoms with E-state index in [1.807, 2.05) is 39.0 Å². The minimum absolute atomic E-state index is 0.00876. The number of nitrogens with one attached hydrogen (secondary N) is 1. The molecule has 0 unspecified atom stereocenters. The number of aromatic nitrogens is 4. The third-order valence-electron chi connectivity index (χ3n) is 4.60. The van der Waals surface area contributed by atoms with Gasteiger partial charge in [0, 0.05) is 18.0 Å². The van der Waals surface area contributed by atoms with Gasteiger partial charge in [-0.2, -0.15) is 9.78 Å². The minimum atomic E-state index is -0.114. The number of aryl methyl sites for hydroxylation is 1. The maximum Gasteiger partial charge on any atom is 0.252 e. The summed E-state index contributed by atoms with van der Waals surface area (Å²) in [5.74, 6) is 2.58. The Kier molecular flexibility index (Phi) is 5.63. The molecular formula is C21H23N5O3S. The van der Waals surface area contributed by atoms with Crippen LogP contribution >= 0.6 is 11.8 Å². The highest BCUT2D eigenvalue weighted by molar-refractivity contribution is 8.00. The number of carbonyl (C=O) groups is 1. The van der Waals surface area contributed by atoms with Crippen LogP contribution in [-0.2, 0) is 4.79 Å². The Bertz CT molecular complexity index is 1070. The summed E-state index contributed by atoms with van der Waals surface area (Å²) in [6.45, 7) is 5.88. The number of nitrogens with zero attached hydrogens (tertiary/aromatic N) is 4. The molecule has 3 aromatic rings. The van der Waals surface area contributed by atoms with Crippen LogP contribution in [0.25, 0.3) is 5.95 Å². The summed E-state index contributed by atoms with van der Waals surface area (Å²) < 4.78 is 13.0. The Hall–Kier alpha value is -3.07. The number of anilines is 1. The predicted molar refractivity (Wildman–Crippen MR) is 116 cm³/mol. The van der Waals surface area contributed by atoms with Crippen molar-refractivity contribution in [1.82, 2.24) is 19.7 Å². The van der Waals surface area contributed by atoms with Crippen molar-refractivity contribution in [3.05, 3.63) is 53.5 Å². The summed E-state index contributed by atoms with van der Waals surface area (Å²) in [5.41, 5.74) is 2.74. The highest BCUT2D eigenvalue weighted by Crippen LogP contribution is 2.45. The van der Waals surface area contributed by atoms with E-state index in [0.29, 0.717) is 29.0 Å². The van der Waals surface area contributed by atoms with E-state index in [0.717, 1.165) is 16.8 Å². The van der Waals surface area contributed by atoms with E-state index in [1.165, 1.54) is 0 Å². The highest BCUT2D eigenvalue weighted by atomic mass is 32.2. The maximum atomic E-state index is 12.5. The molecule has 1 amide bonds. The molecule has 1 aliphatic heterocycles. The molecule has 0 fully saturated rings. The molecule has 0 saturated carbocycles. The molecule has 0 aliphatic carbocycles. The van der Waals surface area contributed by atoms with Gasteiger partial charge in [0.25, 0.3) is 5.95 Å². The monoisotopic (exact) mass is 425 g/mol. The lowest BCUT2D eigenvalue weighted by Gasteiger charge is -2.19. The zero-order valence-electron chi connectivity index (χ0n) is 17.2. The van der Waals surface area contributed by atoms with E-state index in [9.17, 15) is 4.79 Å². The van der Waals surface area contributed by atoms with Crippen molar-refractivity contribution >= 4 is 23.5 Å². The molecule has 30 heavy (non-hydrogen) atoms. The Labute approximate surface area is 179 Å². The second kappa shape index (κ2) is 8.35. The topological polar surface area (TPSA) is 91.2 Å². The van der Waals surface area contributed by atoms with Crippen LogP contribution in [0.3, 0.4) is 0 Å². The zero-order chi connectivity index (χ0) is 21.3. The van der Waals surface area contributed by atoms with Gasteiger partial charge in [0.1, 0.15) is 5.82 Å². The number of hydrogen-bond donors (Lipinski definition) is 1. The number of benzene rings is 1. The quantitative estimate of drug-likeness (QED) is 0.668. The van der Waals surface area contributed by atoms with Crippen molar-refractivity contribution in [2.75, 3.05) is 18.2 Å². The molecule has 1 N–H and O–H groups in total. The Morgan fingerprint density at radius 1 is 1.23 bits per heavy atom. The van der Waals surface area contributed by atoms with Gasteiger partial charge >= 0.3 is 0 Å². The van der Waals surface area contributed by atoms with Crippen molar-refractivity contribution in [3.63, 3.8) is 0 Å². The van der Waals surface area contributed by atoms with Crippen molar-refractivity contribution in [2.24, 2.45) is 0 Å². The normalized spacial score (nSPS) is 16.0. The number of methoxy groups -OCH3 is 1. The number of amides is 1. The lowest BCUT2D eigenvalue weighted by molar-refractivity contribution is -0.113. The molecule has 3 heterocycles. The number of fused-ring (bicyclic) bond motifs is 1.